The molecule has 0 aliphatic rings. The lowest BCUT2D eigenvalue weighted by Crippen LogP contribution is -2.14. The molecule has 0 bridgehead atoms. The number of ether oxygens (including phenoxy) is 2. The quantitative estimate of drug-likeness (QED) is 0.827. The normalized spacial score (nSPS) is 10.1. The van der Waals surface area contributed by atoms with Gasteiger partial charge in [0.15, 0.2) is 0 Å². The molecule has 0 atom stereocenters. The number of carbonyl (C=O) groups excluding carboxylic acids is 1. The molecule has 0 radical (unpaired) electrons. The molecule has 0 aliphatic carbocycles. The van der Waals surface area contributed by atoms with E-state index in [-0.39, 0.29) is 11.9 Å². The van der Waals surface area contributed by atoms with Crippen LogP contribution in [0.15, 0.2) is 33.2 Å². The molecule has 1 aromatic carbocycles. The number of nitrogens with one attached hydrogen (secondary N) is 1. The molecule has 0 aliphatic heterocycles. The van der Waals surface area contributed by atoms with Crippen molar-refractivity contribution < 1.29 is 14.3 Å². The third kappa shape index (κ3) is 4.15. The van der Waals surface area contributed by atoms with Crippen molar-refractivity contribution in [2.75, 3.05) is 19.5 Å². The van der Waals surface area contributed by atoms with Gasteiger partial charge in [-0.1, -0.05) is 31.9 Å². The van der Waals surface area contributed by atoms with Crippen LogP contribution in [0.25, 0.3) is 0 Å². The molecule has 0 unspecified atom stereocenters. The molecule has 2 rings (SSSR count). The van der Waals surface area contributed by atoms with Crippen molar-refractivity contribution in [3.63, 3.8) is 0 Å². The summed E-state index contributed by atoms with van der Waals surface area (Å²) in [6.45, 7) is 0. The standard InChI is InChI=1S/C13H11Br2N3O3/c1-20-10-6-11(21-2)17-13(16-10)18-12(19)7-3-8(14)5-9(15)4-7/h3-6H,1-2H3,(H,16,17,18,19). The smallest absolute Gasteiger partial charge is 0.258 e. The number of anilines is 1. The topological polar surface area (TPSA) is 73.3 Å². The van der Waals surface area contributed by atoms with Gasteiger partial charge in [0.05, 0.1) is 20.3 Å². The molecular weight excluding hydrogens is 406 g/mol. The van der Waals surface area contributed by atoms with Gasteiger partial charge in [0, 0.05) is 14.5 Å². The largest absolute Gasteiger partial charge is 0.481 e. The number of amides is 1. The highest BCUT2D eigenvalue weighted by Gasteiger charge is 2.12. The summed E-state index contributed by atoms with van der Waals surface area (Å²) in [6, 6.07) is 6.74. The minimum atomic E-state index is -0.340. The van der Waals surface area contributed by atoms with E-state index in [4.69, 9.17) is 9.47 Å². The number of nitrogens with zero attached hydrogens (tertiary/aromatic N) is 2. The number of methoxy groups -OCH3 is 2. The Morgan fingerprint density at radius 2 is 1.52 bits per heavy atom. The second kappa shape index (κ2) is 6.86. The van der Waals surface area contributed by atoms with E-state index in [9.17, 15) is 4.79 Å². The molecular formula is C13H11Br2N3O3. The van der Waals surface area contributed by atoms with Crippen molar-refractivity contribution in [2.24, 2.45) is 0 Å². The van der Waals surface area contributed by atoms with E-state index >= 15 is 0 Å². The summed E-state index contributed by atoms with van der Waals surface area (Å²) in [5.74, 6) is 0.361. The summed E-state index contributed by atoms with van der Waals surface area (Å²) < 4.78 is 11.6. The first-order chi connectivity index (χ1) is 10.0. The lowest BCUT2D eigenvalue weighted by atomic mass is 10.2. The highest BCUT2D eigenvalue weighted by Crippen LogP contribution is 2.22. The number of carbonyl (C=O) groups is 1. The molecule has 0 fully saturated rings. The molecule has 21 heavy (non-hydrogen) atoms. The number of hydrogen-bond donors (Lipinski definition) is 1. The zero-order valence-electron chi connectivity index (χ0n) is 11.2. The molecule has 110 valence electrons. The Kier molecular flexibility index (Phi) is 5.13. The fraction of sp³-hybridized carbons (Fsp3) is 0.154. The maximum Gasteiger partial charge on any atom is 0.258 e. The van der Waals surface area contributed by atoms with Crippen LogP contribution in [0.4, 0.5) is 5.95 Å². The summed E-state index contributed by atoms with van der Waals surface area (Å²) >= 11 is 6.66. The van der Waals surface area contributed by atoms with Crippen LogP contribution in [0.2, 0.25) is 0 Å². The van der Waals surface area contributed by atoms with Gasteiger partial charge in [0.1, 0.15) is 0 Å². The molecule has 2 aromatic rings. The van der Waals surface area contributed by atoms with Crippen molar-refractivity contribution in [1.29, 1.82) is 0 Å². The predicted molar refractivity (Wildman–Crippen MR) is 84.9 cm³/mol. The lowest BCUT2D eigenvalue weighted by Gasteiger charge is -2.08. The van der Waals surface area contributed by atoms with Crippen LogP contribution in [0.5, 0.6) is 11.8 Å². The van der Waals surface area contributed by atoms with Gasteiger partial charge in [-0.25, -0.2) is 0 Å². The van der Waals surface area contributed by atoms with Crippen LogP contribution < -0.4 is 14.8 Å². The van der Waals surface area contributed by atoms with Gasteiger partial charge in [-0.15, -0.1) is 0 Å². The van der Waals surface area contributed by atoms with Gasteiger partial charge in [-0.2, -0.15) is 9.97 Å². The van der Waals surface area contributed by atoms with E-state index in [1.165, 1.54) is 20.3 Å². The number of aromatic nitrogens is 2. The third-order valence-electron chi connectivity index (χ3n) is 2.45. The molecule has 1 heterocycles. The molecule has 6 nitrogen and oxygen atoms in total. The van der Waals surface area contributed by atoms with Crippen LogP contribution >= 0.6 is 31.9 Å². The van der Waals surface area contributed by atoms with Crippen molar-refractivity contribution in [3.8, 4) is 11.8 Å². The lowest BCUT2D eigenvalue weighted by molar-refractivity contribution is 0.102. The molecule has 1 aromatic heterocycles. The Hall–Kier alpha value is -1.67. The van der Waals surface area contributed by atoms with Gasteiger partial charge >= 0.3 is 0 Å². The minimum Gasteiger partial charge on any atom is -0.481 e. The van der Waals surface area contributed by atoms with E-state index in [1.807, 2.05) is 6.07 Å². The number of rotatable bonds is 4. The Morgan fingerprint density at radius 3 is 2.00 bits per heavy atom. The number of hydrogen-bond acceptors (Lipinski definition) is 5. The summed E-state index contributed by atoms with van der Waals surface area (Å²) in [4.78, 5) is 20.3. The fourth-order valence-corrected chi connectivity index (χ4v) is 2.82. The van der Waals surface area contributed by atoms with E-state index < -0.39 is 0 Å². The maximum atomic E-state index is 12.2. The van der Waals surface area contributed by atoms with Crippen LogP contribution in [0, 0.1) is 0 Å². The summed E-state index contributed by atoms with van der Waals surface area (Å²) in [7, 11) is 2.94. The van der Waals surface area contributed by atoms with E-state index in [0.717, 1.165) is 8.95 Å². The predicted octanol–water partition coefficient (Wildman–Crippen LogP) is 3.27. The van der Waals surface area contributed by atoms with E-state index in [0.29, 0.717) is 17.3 Å². The zero-order chi connectivity index (χ0) is 15.4. The first-order valence-corrected chi connectivity index (χ1v) is 7.35. The van der Waals surface area contributed by atoms with Gasteiger partial charge in [0.25, 0.3) is 5.91 Å². The van der Waals surface area contributed by atoms with Crippen molar-refractivity contribution >= 4 is 43.7 Å². The Morgan fingerprint density at radius 1 is 1.00 bits per heavy atom. The van der Waals surface area contributed by atoms with Crippen molar-refractivity contribution in [3.05, 3.63) is 38.8 Å². The third-order valence-corrected chi connectivity index (χ3v) is 3.36. The minimum absolute atomic E-state index is 0.104. The summed E-state index contributed by atoms with van der Waals surface area (Å²) in [5, 5.41) is 2.60. The SMILES string of the molecule is COc1cc(OC)nc(NC(=O)c2cc(Br)cc(Br)c2)n1. The number of benzene rings is 1. The second-order valence-corrected chi connectivity index (χ2v) is 5.72. The Labute approximate surface area is 138 Å². The van der Waals surface area contributed by atoms with Gasteiger partial charge in [0.2, 0.25) is 17.7 Å². The highest BCUT2D eigenvalue weighted by atomic mass is 79.9. The number of halogens is 2. The second-order valence-electron chi connectivity index (χ2n) is 3.89. The molecule has 0 saturated heterocycles. The highest BCUT2D eigenvalue weighted by molar-refractivity contribution is 9.11. The molecule has 8 heteroatoms. The molecule has 1 amide bonds. The van der Waals surface area contributed by atoms with Crippen LogP contribution in [-0.4, -0.2) is 30.1 Å². The molecule has 0 saturated carbocycles. The van der Waals surface area contributed by atoms with E-state index in [2.05, 4.69) is 47.1 Å². The average molecular weight is 417 g/mol. The molecule has 0 spiro atoms. The summed E-state index contributed by atoms with van der Waals surface area (Å²) in [6.07, 6.45) is 0. The Balaban J connectivity index is 2.26. The van der Waals surface area contributed by atoms with Crippen LogP contribution in [0.3, 0.4) is 0 Å². The van der Waals surface area contributed by atoms with Crippen molar-refractivity contribution in [2.45, 2.75) is 0 Å². The first-order valence-electron chi connectivity index (χ1n) is 5.76. The first kappa shape index (κ1) is 15.7. The fourth-order valence-electron chi connectivity index (χ4n) is 1.53. The van der Waals surface area contributed by atoms with Gasteiger partial charge in [-0.05, 0) is 18.2 Å². The van der Waals surface area contributed by atoms with Gasteiger partial charge < -0.3 is 9.47 Å². The van der Waals surface area contributed by atoms with E-state index in [1.54, 1.807) is 12.1 Å². The summed E-state index contributed by atoms with van der Waals surface area (Å²) in [5.41, 5.74) is 0.460. The van der Waals surface area contributed by atoms with Crippen molar-refractivity contribution in [1.82, 2.24) is 9.97 Å². The van der Waals surface area contributed by atoms with Crippen LogP contribution in [0.1, 0.15) is 10.4 Å². The maximum absolute atomic E-state index is 12.2. The zero-order valence-corrected chi connectivity index (χ0v) is 14.4. The molecule has 1 N–H and O–H groups in total. The van der Waals surface area contributed by atoms with Crippen LogP contribution in [-0.2, 0) is 0 Å². The monoisotopic (exact) mass is 415 g/mol. The van der Waals surface area contributed by atoms with Gasteiger partial charge in [-0.3, -0.25) is 10.1 Å². The Bertz CT molecular complexity index is 637. The average Bonchev–Trinajstić information content (AvgIpc) is 2.45.